The minimum Gasteiger partial charge on any atom is -0.496 e. The Morgan fingerprint density at radius 2 is 1.93 bits per heavy atom. The number of fused-ring (bicyclic) bond motifs is 1. The zero-order chi connectivity index (χ0) is 19.3. The summed E-state index contributed by atoms with van der Waals surface area (Å²) in [5.41, 5.74) is 0.525. The minimum atomic E-state index is -0.574. The highest BCUT2D eigenvalue weighted by atomic mass is 16.5. The number of rotatable bonds is 8. The highest BCUT2D eigenvalue weighted by Crippen LogP contribution is 2.46. The number of benzene rings is 2. The van der Waals surface area contributed by atoms with Crippen LogP contribution in [0, 0.1) is 16.7 Å². The van der Waals surface area contributed by atoms with Crippen molar-refractivity contribution in [3.05, 3.63) is 54.6 Å². The lowest BCUT2D eigenvalue weighted by Crippen LogP contribution is -2.31. The summed E-state index contributed by atoms with van der Waals surface area (Å²) < 4.78 is 7.62. The van der Waals surface area contributed by atoms with E-state index in [-0.39, 0.29) is 5.92 Å². The first-order valence-electron chi connectivity index (χ1n) is 9.44. The second-order valence-electron chi connectivity index (χ2n) is 7.13. The predicted molar refractivity (Wildman–Crippen MR) is 107 cm³/mol. The number of unbranched alkanes of at least 4 members (excludes halogenated alkanes) is 1. The van der Waals surface area contributed by atoms with E-state index in [2.05, 4.69) is 48.3 Å². The molecule has 27 heavy (non-hydrogen) atoms. The summed E-state index contributed by atoms with van der Waals surface area (Å²) in [7, 11) is 1.69. The van der Waals surface area contributed by atoms with Gasteiger partial charge in [-0.1, -0.05) is 57.0 Å². The van der Waals surface area contributed by atoms with E-state index in [0.717, 1.165) is 41.3 Å². The minimum absolute atomic E-state index is 0.0162. The van der Waals surface area contributed by atoms with Gasteiger partial charge in [-0.05, 0) is 23.3 Å². The van der Waals surface area contributed by atoms with Gasteiger partial charge in [-0.25, -0.2) is 0 Å². The zero-order valence-electron chi connectivity index (χ0n) is 16.2. The van der Waals surface area contributed by atoms with Crippen molar-refractivity contribution in [2.24, 2.45) is 5.41 Å². The molecule has 5 nitrogen and oxygen atoms in total. The van der Waals surface area contributed by atoms with E-state index in [1.807, 2.05) is 22.8 Å². The van der Waals surface area contributed by atoms with Crippen molar-refractivity contribution < 1.29 is 4.74 Å². The molecule has 3 aromatic rings. The maximum absolute atomic E-state index is 10.3. The number of hydrogen-bond acceptors (Lipinski definition) is 4. The first-order valence-corrected chi connectivity index (χ1v) is 9.44. The first kappa shape index (κ1) is 18.9. The topological polar surface area (TPSA) is 63.7 Å². The van der Waals surface area contributed by atoms with Gasteiger partial charge in [0.15, 0.2) is 0 Å². The summed E-state index contributed by atoms with van der Waals surface area (Å²) in [6.07, 6.45) is 6.22. The van der Waals surface area contributed by atoms with Crippen LogP contribution in [0.3, 0.4) is 0 Å². The van der Waals surface area contributed by atoms with E-state index in [1.165, 1.54) is 0 Å². The molecule has 0 fully saturated rings. The number of nitriles is 1. The van der Waals surface area contributed by atoms with Crippen molar-refractivity contribution in [2.75, 3.05) is 7.11 Å². The smallest absolute Gasteiger partial charge is 0.123 e. The van der Waals surface area contributed by atoms with Crippen LogP contribution in [0.15, 0.2) is 49.1 Å². The van der Waals surface area contributed by atoms with Gasteiger partial charge >= 0.3 is 0 Å². The molecule has 140 valence electrons. The molecular weight excluding hydrogens is 336 g/mol. The van der Waals surface area contributed by atoms with Crippen LogP contribution in [0.4, 0.5) is 0 Å². The molecule has 5 heteroatoms. The van der Waals surface area contributed by atoms with Gasteiger partial charge in [0.2, 0.25) is 0 Å². The normalized spacial score (nSPS) is 14.4. The lowest BCUT2D eigenvalue weighted by molar-refractivity contribution is 0.247. The van der Waals surface area contributed by atoms with Crippen LogP contribution >= 0.6 is 0 Å². The quantitative estimate of drug-likeness (QED) is 0.569. The Kier molecular flexibility index (Phi) is 5.75. The van der Waals surface area contributed by atoms with Gasteiger partial charge < -0.3 is 9.30 Å². The second-order valence-corrected chi connectivity index (χ2v) is 7.13. The molecule has 0 N–H and O–H groups in total. The third-order valence-electron chi connectivity index (χ3n) is 5.54. The third kappa shape index (κ3) is 3.66. The molecule has 0 saturated heterocycles. The molecule has 0 aliphatic carbocycles. The summed E-state index contributed by atoms with van der Waals surface area (Å²) >= 11 is 0. The Balaban J connectivity index is 2.15. The molecule has 1 heterocycles. The average Bonchev–Trinajstić information content (AvgIpc) is 3.22. The van der Waals surface area contributed by atoms with Crippen molar-refractivity contribution in [3.8, 4) is 11.8 Å². The first-order chi connectivity index (χ1) is 13.1. The van der Waals surface area contributed by atoms with E-state index >= 15 is 0 Å². The summed E-state index contributed by atoms with van der Waals surface area (Å²) in [4.78, 5) is 0. The Morgan fingerprint density at radius 3 is 2.59 bits per heavy atom. The molecule has 0 saturated carbocycles. The average molecular weight is 362 g/mol. The Labute approximate surface area is 160 Å². The molecule has 0 radical (unpaired) electrons. The van der Waals surface area contributed by atoms with E-state index in [1.54, 1.807) is 19.8 Å². The number of methoxy groups -OCH3 is 1. The van der Waals surface area contributed by atoms with Gasteiger partial charge in [-0.15, -0.1) is 10.2 Å². The molecule has 0 amide bonds. The monoisotopic (exact) mass is 362 g/mol. The highest BCUT2D eigenvalue weighted by Gasteiger charge is 2.39. The van der Waals surface area contributed by atoms with Crippen molar-refractivity contribution in [1.82, 2.24) is 14.8 Å². The Morgan fingerprint density at radius 1 is 1.19 bits per heavy atom. The lowest BCUT2D eigenvalue weighted by atomic mass is 9.69. The molecule has 0 spiro atoms. The van der Waals surface area contributed by atoms with Gasteiger partial charge in [0.25, 0.3) is 0 Å². The molecule has 3 rings (SSSR count). The third-order valence-corrected chi connectivity index (χ3v) is 5.54. The van der Waals surface area contributed by atoms with Crippen LogP contribution in [0.1, 0.15) is 44.6 Å². The fraction of sp³-hybridized carbons (Fsp3) is 0.409. The molecule has 0 bridgehead atoms. The summed E-state index contributed by atoms with van der Waals surface area (Å²) in [6.45, 7) is 4.86. The largest absolute Gasteiger partial charge is 0.496 e. The number of hydrogen-bond donors (Lipinski definition) is 0. The van der Waals surface area contributed by atoms with Gasteiger partial charge in [0.1, 0.15) is 18.4 Å². The number of ether oxygens (including phenoxy) is 1. The molecule has 2 unspecified atom stereocenters. The molecule has 1 aromatic heterocycles. The summed E-state index contributed by atoms with van der Waals surface area (Å²) in [6, 6.07) is 15.0. The van der Waals surface area contributed by atoms with Gasteiger partial charge in [-0.3, -0.25) is 0 Å². The molecule has 2 aromatic carbocycles. The van der Waals surface area contributed by atoms with Crippen molar-refractivity contribution in [3.63, 3.8) is 0 Å². The molecular formula is C22H26N4O. The number of nitrogens with zero attached hydrogens (tertiary/aromatic N) is 4. The summed E-state index contributed by atoms with van der Waals surface area (Å²) in [5.74, 6) is 0.818. The fourth-order valence-corrected chi connectivity index (χ4v) is 3.92. The van der Waals surface area contributed by atoms with Crippen LogP contribution in [0.25, 0.3) is 10.8 Å². The Hall–Kier alpha value is -2.87. The lowest BCUT2D eigenvalue weighted by Gasteiger charge is -2.35. The van der Waals surface area contributed by atoms with Gasteiger partial charge in [0.05, 0.1) is 18.6 Å². The van der Waals surface area contributed by atoms with Crippen molar-refractivity contribution in [2.45, 2.75) is 45.6 Å². The van der Waals surface area contributed by atoms with E-state index in [9.17, 15) is 5.26 Å². The van der Waals surface area contributed by atoms with Crippen LogP contribution < -0.4 is 4.74 Å². The van der Waals surface area contributed by atoms with Crippen LogP contribution in [0.2, 0.25) is 0 Å². The van der Waals surface area contributed by atoms with E-state index in [4.69, 9.17) is 4.74 Å². The van der Waals surface area contributed by atoms with Crippen molar-refractivity contribution >= 4 is 10.8 Å². The number of aromatic nitrogens is 3. The van der Waals surface area contributed by atoms with Crippen LogP contribution in [-0.2, 0) is 6.54 Å². The second kappa shape index (κ2) is 8.22. The van der Waals surface area contributed by atoms with Gasteiger partial charge in [0, 0.05) is 18.0 Å². The van der Waals surface area contributed by atoms with Crippen LogP contribution in [0.5, 0.6) is 5.75 Å². The maximum Gasteiger partial charge on any atom is 0.123 e. The fourth-order valence-electron chi connectivity index (χ4n) is 3.92. The van der Waals surface area contributed by atoms with E-state index < -0.39 is 5.41 Å². The standard InChI is InChI=1S/C22H26N4O/c1-4-5-12-22(13-23,14-26-15-24-25-16-26)17(2)21-19-9-7-6-8-18(19)10-11-20(21)27-3/h6-11,15-17H,4-5,12,14H2,1-3H3. The molecule has 0 aliphatic heterocycles. The zero-order valence-corrected chi connectivity index (χ0v) is 16.2. The molecule has 0 aliphatic rings. The molecule has 2 atom stereocenters. The predicted octanol–water partition coefficient (Wildman–Crippen LogP) is 4.94. The Bertz CT molecular complexity index is 929. The summed E-state index contributed by atoms with van der Waals surface area (Å²) in [5, 5.41) is 20.5. The highest BCUT2D eigenvalue weighted by molar-refractivity contribution is 5.88. The maximum atomic E-state index is 10.3. The van der Waals surface area contributed by atoms with Crippen molar-refractivity contribution in [1.29, 1.82) is 5.26 Å². The van der Waals surface area contributed by atoms with E-state index in [0.29, 0.717) is 6.54 Å². The van der Waals surface area contributed by atoms with Crippen LogP contribution in [-0.4, -0.2) is 21.9 Å². The SMILES string of the molecule is CCCCC(C#N)(Cn1cnnc1)C(C)c1c(OC)ccc2ccccc12. The van der Waals surface area contributed by atoms with Gasteiger partial charge in [-0.2, -0.15) is 5.26 Å².